The maximum absolute atomic E-state index is 12.0. The number of anilines is 1. The fourth-order valence-corrected chi connectivity index (χ4v) is 2.67. The molecule has 0 aliphatic heterocycles. The largest absolute Gasteiger partial charge is 0.332 e. The van der Waals surface area contributed by atoms with Gasteiger partial charge in [0.05, 0.1) is 6.54 Å². The van der Waals surface area contributed by atoms with E-state index in [1.807, 2.05) is 24.4 Å². The van der Waals surface area contributed by atoms with Gasteiger partial charge < -0.3 is 10.2 Å². The van der Waals surface area contributed by atoms with Gasteiger partial charge in [0.15, 0.2) is 0 Å². The quantitative estimate of drug-likeness (QED) is 0.881. The van der Waals surface area contributed by atoms with Gasteiger partial charge in [0.1, 0.15) is 0 Å². The predicted octanol–water partition coefficient (Wildman–Crippen LogP) is 3.31. The number of likely N-dealkylation sites (N-methyl/N-ethyl adjacent to an activating group) is 1. The number of aryl methyl sites for hydroxylation is 1. The van der Waals surface area contributed by atoms with Crippen molar-refractivity contribution in [1.82, 2.24) is 4.90 Å². The molecular weight excluding hydrogens is 308 g/mol. The van der Waals surface area contributed by atoms with Crippen molar-refractivity contribution in [1.29, 1.82) is 0 Å². The van der Waals surface area contributed by atoms with Gasteiger partial charge in [0, 0.05) is 22.6 Å². The van der Waals surface area contributed by atoms with E-state index in [1.165, 1.54) is 4.90 Å². The summed E-state index contributed by atoms with van der Waals surface area (Å²) in [5.41, 5.74) is 1.42. The van der Waals surface area contributed by atoms with Gasteiger partial charge in [-0.25, -0.2) is 0 Å². The SMILES string of the molecule is Cc1ccc(NC(=O)C(=O)N(C)Cc2cccs2)cc1Cl. The third-order valence-corrected chi connectivity index (χ3v) is 4.21. The third-order valence-electron chi connectivity index (χ3n) is 2.94. The molecule has 0 spiro atoms. The molecule has 1 N–H and O–H groups in total. The normalized spacial score (nSPS) is 10.2. The van der Waals surface area contributed by atoms with Crippen molar-refractivity contribution in [3.8, 4) is 0 Å². The molecule has 0 aliphatic rings. The molecule has 0 bridgehead atoms. The van der Waals surface area contributed by atoms with Gasteiger partial charge in [-0.05, 0) is 36.1 Å². The number of carbonyl (C=O) groups is 2. The van der Waals surface area contributed by atoms with Crippen LogP contribution in [-0.2, 0) is 16.1 Å². The summed E-state index contributed by atoms with van der Waals surface area (Å²) in [6.45, 7) is 2.28. The number of halogens is 1. The smallest absolute Gasteiger partial charge is 0.313 e. The number of nitrogens with one attached hydrogen (secondary N) is 1. The standard InChI is InChI=1S/C15H15ClN2O2S/c1-10-5-6-11(8-13(10)16)17-14(19)15(20)18(2)9-12-4-3-7-21-12/h3-8H,9H2,1-2H3,(H,17,19). The van der Waals surface area contributed by atoms with E-state index in [-0.39, 0.29) is 0 Å². The van der Waals surface area contributed by atoms with Crippen molar-refractivity contribution in [3.63, 3.8) is 0 Å². The molecule has 1 aromatic heterocycles. The summed E-state index contributed by atoms with van der Waals surface area (Å²) in [5.74, 6) is -1.26. The van der Waals surface area contributed by atoms with E-state index >= 15 is 0 Å². The first-order chi connectivity index (χ1) is 9.97. The van der Waals surface area contributed by atoms with E-state index in [0.717, 1.165) is 10.4 Å². The highest BCUT2D eigenvalue weighted by Crippen LogP contribution is 2.20. The number of benzene rings is 1. The number of thiophene rings is 1. The lowest BCUT2D eigenvalue weighted by atomic mass is 10.2. The molecule has 1 aromatic carbocycles. The Bertz CT molecular complexity index is 656. The zero-order chi connectivity index (χ0) is 15.4. The average molecular weight is 323 g/mol. The van der Waals surface area contributed by atoms with Crippen LogP contribution in [0.2, 0.25) is 5.02 Å². The molecule has 110 valence electrons. The monoisotopic (exact) mass is 322 g/mol. The zero-order valence-electron chi connectivity index (χ0n) is 11.7. The molecule has 0 radical (unpaired) electrons. The van der Waals surface area contributed by atoms with Crippen LogP contribution in [0, 0.1) is 6.92 Å². The molecule has 21 heavy (non-hydrogen) atoms. The van der Waals surface area contributed by atoms with Gasteiger partial charge in [-0.1, -0.05) is 23.7 Å². The molecule has 1 heterocycles. The van der Waals surface area contributed by atoms with Gasteiger partial charge in [-0.2, -0.15) is 0 Å². The summed E-state index contributed by atoms with van der Waals surface area (Å²) < 4.78 is 0. The van der Waals surface area contributed by atoms with E-state index in [2.05, 4.69) is 5.32 Å². The highest BCUT2D eigenvalue weighted by Gasteiger charge is 2.19. The predicted molar refractivity (Wildman–Crippen MR) is 85.6 cm³/mol. The Hall–Kier alpha value is -1.85. The minimum Gasteiger partial charge on any atom is -0.332 e. The second kappa shape index (κ2) is 6.74. The molecular formula is C15H15ClN2O2S. The maximum atomic E-state index is 12.0. The van der Waals surface area contributed by atoms with Crippen LogP contribution in [0.4, 0.5) is 5.69 Å². The maximum Gasteiger partial charge on any atom is 0.313 e. The van der Waals surface area contributed by atoms with Crippen LogP contribution in [0.15, 0.2) is 35.7 Å². The van der Waals surface area contributed by atoms with Crippen LogP contribution >= 0.6 is 22.9 Å². The first-order valence-electron chi connectivity index (χ1n) is 6.32. The summed E-state index contributed by atoms with van der Waals surface area (Å²) in [6, 6.07) is 8.96. The Morgan fingerprint density at radius 1 is 1.33 bits per heavy atom. The summed E-state index contributed by atoms with van der Waals surface area (Å²) in [6.07, 6.45) is 0. The van der Waals surface area contributed by atoms with E-state index in [0.29, 0.717) is 17.3 Å². The lowest BCUT2D eigenvalue weighted by Crippen LogP contribution is -2.36. The molecule has 2 aromatic rings. The van der Waals surface area contributed by atoms with Crippen LogP contribution < -0.4 is 5.32 Å². The lowest BCUT2D eigenvalue weighted by molar-refractivity contribution is -0.142. The summed E-state index contributed by atoms with van der Waals surface area (Å²) in [5, 5.41) is 5.04. The Labute approximate surface area is 132 Å². The highest BCUT2D eigenvalue weighted by atomic mass is 35.5. The number of hydrogen-bond donors (Lipinski definition) is 1. The Morgan fingerprint density at radius 3 is 2.71 bits per heavy atom. The fourth-order valence-electron chi connectivity index (χ4n) is 1.74. The van der Waals surface area contributed by atoms with Crippen molar-refractivity contribution >= 4 is 40.4 Å². The summed E-state index contributed by atoms with van der Waals surface area (Å²) in [4.78, 5) is 26.4. The number of amides is 2. The Balaban J connectivity index is 1.98. The lowest BCUT2D eigenvalue weighted by Gasteiger charge is -2.15. The topological polar surface area (TPSA) is 49.4 Å². The number of carbonyl (C=O) groups excluding carboxylic acids is 2. The van der Waals surface area contributed by atoms with Gasteiger partial charge in [-0.15, -0.1) is 11.3 Å². The first-order valence-corrected chi connectivity index (χ1v) is 7.58. The second-order valence-electron chi connectivity index (χ2n) is 4.66. The fraction of sp³-hybridized carbons (Fsp3) is 0.200. The minimum atomic E-state index is -0.672. The van der Waals surface area contributed by atoms with Crippen molar-refractivity contribution in [2.45, 2.75) is 13.5 Å². The summed E-state index contributed by atoms with van der Waals surface area (Å²) in [7, 11) is 1.60. The molecule has 0 saturated carbocycles. The third kappa shape index (κ3) is 4.06. The van der Waals surface area contributed by atoms with Crippen LogP contribution in [0.3, 0.4) is 0 Å². The Morgan fingerprint density at radius 2 is 2.10 bits per heavy atom. The Kier molecular flexibility index (Phi) is 4.98. The van der Waals surface area contributed by atoms with Crippen LogP contribution in [-0.4, -0.2) is 23.8 Å². The van der Waals surface area contributed by atoms with Crippen LogP contribution in [0.5, 0.6) is 0 Å². The zero-order valence-corrected chi connectivity index (χ0v) is 13.3. The molecule has 0 aliphatic carbocycles. The van der Waals surface area contributed by atoms with E-state index in [1.54, 1.807) is 36.6 Å². The first kappa shape index (κ1) is 15.5. The molecule has 4 nitrogen and oxygen atoms in total. The van der Waals surface area contributed by atoms with Gasteiger partial charge in [0.25, 0.3) is 0 Å². The molecule has 6 heteroatoms. The van der Waals surface area contributed by atoms with E-state index < -0.39 is 11.8 Å². The van der Waals surface area contributed by atoms with E-state index in [4.69, 9.17) is 11.6 Å². The van der Waals surface area contributed by atoms with Crippen LogP contribution in [0.25, 0.3) is 0 Å². The van der Waals surface area contributed by atoms with Crippen molar-refractivity contribution in [2.24, 2.45) is 0 Å². The van der Waals surface area contributed by atoms with Crippen LogP contribution in [0.1, 0.15) is 10.4 Å². The number of hydrogen-bond acceptors (Lipinski definition) is 3. The van der Waals surface area contributed by atoms with Gasteiger partial charge >= 0.3 is 11.8 Å². The van der Waals surface area contributed by atoms with Gasteiger partial charge in [-0.3, -0.25) is 9.59 Å². The van der Waals surface area contributed by atoms with E-state index in [9.17, 15) is 9.59 Å². The van der Waals surface area contributed by atoms with Crippen molar-refractivity contribution in [2.75, 3.05) is 12.4 Å². The molecule has 0 fully saturated rings. The molecule has 2 rings (SSSR count). The molecule has 0 saturated heterocycles. The highest BCUT2D eigenvalue weighted by molar-refractivity contribution is 7.09. The molecule has 0 atom stereocenters. The molecule has 2 amide bonds. The summed E-state index contributed by atoms with van der Waals surface area (Å²) >= 11 is 7.53. The number of nitrogens with zero attached hydrogens (tertiary/aromatic N) is 1. The molecule has 0 unspecified atom stereocenters. The van der Waals surface area contributed by atoms with Crippen molar-refractivity contribution in [3.05, 3.63) is 51.2 Å². The average Bonchev–Trinajstić information content (AvgIpc) is 2.94. The minimum absolute atomic E-state index is 0.415. The van der Waals surface area contributed by atoms with Crippen molar-refractivity contribution < 1.29 is 9.59 Å². The second-order valence-corrected chi connectivity index (χ2v) is 6.10. The van der Waals surface area contributed by atoms with Gasteiger partial charge in [0.2, 0.25) is 0 Å². The number of rotatable bonds is 3.